The van der Waals surface area contributed by atoms with Crippen molar-refractivity contribution < 1.29 is 18.7 Å². The van der Waals surface area contributed by atoms with Gasteiger partial charge in [-0.05, 0) is 28.1 Å². The number of nitrogens with zero attached hydrogens (tertiary/aromatic N) is 1. The van der Waals surface area contributed by atoms with Crippen LogP contribution in [0.25, 0.3) is 0 Å². The number of hydrogen-bond acceptors (Lipinski definition) is 2. The molecule has 1 fully saturated rings. The zero-order valence-electron chi connectivity index (χ0n) is 8.79. The van der Waals surface area contributed by atoms with Gasteiger partial charge in [-0.1, -0.05) is 0 Å². The molecule has 1 heterocycles. The molecular formula is C11H10BrF2NO2. The standard InChI is InChI=1S/C11H10BrF2NO2/c12-10-8(2-1-7(13)11(10)14)15-4-6(5-16)3-9(15)17/h1-2,6,16H,3-5H2. The Morgan fingerprint density at radius 2 is 2.18 bits per heavy atom. The van der Waals surface area contributed by atoms with E-state index in [-0.39, 0.29) is 29.3 Å². The molecule has 1 aliphatic rings. The summed E-state index contributed by atoms with van der Waals surface area (Å²) in [7, 11) is 0. The molecule has 1 N–H and O–H groups in total. The zero-order chi connectivity index (χ0) is 12.6. The smallest absolute Gasteiger partial charge is 0.227 e. The molecule has 0 aromatic heterocycles. The van der Waals surface area contributed by atoms with Gasteiger partial charge >= 0.3 is 0 Å². The highest BCUT2D eigenvalue weighted by Crippen LogP contribution is 2.34. The predicted molar refractivity (Wildman–Crippen MR) is 61.6 cm³/mol. The molecule has 2 rings (SSSR count). The molecule has 3 nitrogen and oxygen atoms in total. The Morgan fingerprint density at radius 1 is 1.47 bits per heavy atom. The third kappa shape index (κ3) is 2.19. The molecule has 17 heavy (non-hydrogen) atoms. The van der Waals surface area contributed by atoms with Crippen LogP contribution < -0.4 is 4.90 Å². The van der Waals surface area contributed by atoms with Gasteiger partial charge in [0.1, 0.15) is 0 Å². The van der Waals surface area contributed by atoms with Crippen LogP contribution in [0.3, 0.4) is 0 Å². The topological polar surface area (TPSA) is 40.5 Å². The third-order valence-corrected chi connectivity index (χ3v) is 3.52. The van der Waals surface area contributed by atoms with Gasteiger partial charge in [-0.25, -0.2) is 8.78 Å². The summed E-state index contributed by atoms with van der Waals surface area (Å²) in [5, 5.41) is 8.99. The average Bonchev–Trinajstić information content (AvgIpc) is 2.68. The van der Waals surface area contributed by atoms with Gasteiger partial charge in [-0.15, -0.1) is 0 Å². The highest BCUT2D eigenvalue weighted by molar-refractivity contribution is 9.10. The molecule has 1 unspecified atom stereocenters. The summed E-state index contributed by atoms with van der Waals surface area (Å²) >= 11 is 2.94. The Balaban J connectivity index is 2.35. The van der Waals surface area contributed by atoms with Crippen molar-refractivity contribution in [2.24, 2.45) is 5.92 Å². The van der Waals surface area contributed by atoms with Crippen LogP contribution in [0, 0.1) is 17.6 Å². The molecule has 0 aliphatic carbocycles. The van der Waals surface area contributed by atoms with Gasteiger partial charge in [0, 0.05) is 25.5 Å². The SMILES string of the molecule is O=C1CC(CO)CN1c1ccc(F)c(F)c1Br. The average molecular weight is 306 g/mol. The monoisotopic (exact) mass is 305 g/mol. The van der Waals surface area contributed by atoms with Crippen molar-refractivity contribution in [2.45, 2.75) is 6.42 Å². The number of aliphatic hydroxyl groups excluding tert-OH is 1. The van der Waals surface area contributed by atoms with Gasteiger partial charge in [0.15, 0.2) is 11.6 Å². The Hall–Kier alpha value is -1.01. The first-order chi connectivity index (χ1) is 8.04. The van der Waals surface area contributed by atoms with Crippen molar-refractivity contribution in [3.8, 4) is 0 Å². The lowest BCUT2D eigenvalue weighted by molar-refractivity contribution is -0.117. The molecule has 0 radical (unpaired) electrons. The van der Waals surface area contributed by atoms with Crippen molar-refractivity contribution in [3.63, 3.8) is 0 Å². The molecule has 0 spiro atoms. The van der Waals surface area contributed by atoms with Crippen molar-refractivity contribution in [2.75, 3.05) is 18.1 Å². The van der Waals surface area contributed by atoms with E-state index in [1.165, 1.54) is 11.0 Å². The molecule has 1 saturated heterocycles. The summed E-state index contributed by atoms with van der Waals surface area (Å²) in [5.74, 6) is -2.33. The van der Waals surface area contributed by atoms with Crippen LogP contribution in [0.4, 0.5) is 14.5 Å². The minimum absolute atomic E-state index is 0.0653. The summed E-state index contributed by atoms with van der Waals surface area (Å²) < 4.78 is 26.2. The zero-order valence-corrected chi connectivity index (χ0v) is 10.4. The van der Waals surface area contributed by atoms with Gasteiger partial charge < -0.3 is 10.0 Å². The summed E-state index contributed by atoms with van der Waals surface area (Å²) in [6.45, 7) is 0.225. The highest BCUT2D eigenvalue weighted by Gasteiger charge is 2.32. The van der Waals surface area contributed by atoms with E-state index in [1.807, 2.05) is 0 Å². The Labute approximate surface area is 105 Å². The van der Waals surface area contributed by atoms with E-state index in [2.05, 4.69) is 15.9 Å². The molecule has 0 saturated carbocycles. The maximum Gasteiger partial charge on any atom is 0.227 e. The summed E-state index contributed by atoms with van der Waals surface area (Å²) in [6, 6.07) is 2.33. The lowest BCUT2D eigenvalue weighted by Crippen LogP contribution is -2.25. The first-order valence-corrected chi connectivity index (χ1v) is 5.88. The second kappa shape index (κ2) is 4.70. The first-order valence-electron chi connectivity index (χ1n) is 5.09. The van der Waals surface area contributed by atoms with Gasteiger partial charge in [-0.3, -0.25) is 4.79 Å². The molecule has 1 atom stereocenters. The predicted octanol–water partition coefficient (Wildman–Crippen LogP) is 2.07. The number of halogens is 3. The molecule has 1 aromatic carbocycles. The lowest BCUT2D eigenvalue weighted by Gasteiger charge is -2.18. The molecule has 6 heteroatoms. The van der Waals surface area contributed by atoms with Crippen LogP contribution in [-0.4, -0.2) is 24.2 Å². The van der Waals surface area contributed by atoms with E-state index in [0.717, 1.165) is 6.07 Å². The fourth-order valence-corrected chi connectivity index (χ4v) is 2.40. The summed E-state index contributed by atoms with van der Waals surface area (Å²) in [4.78, 5) is 13.0. The highest BCUT2D eigenvalue weighted by atomic mass is 79.9. The molecule has 1 amide bonds. The number of anilines is 1. The molecule has 0 bridgehead atoms. The van der Waals surface area contributed by atoms with Crippen LogP contribution >= 0.6 is 15.9 Å². The van der Waals surface area contributed by atoms with Gasteiger partial charge in [0.25, 0.3) is 0 Å². The van der Waals surface area contributed by atoms with E-state index in [9.17, 15) is 13.6 Å². The van der Waals surface area contributed by atoms with Crippen LogP contribution in [0.1, 0.15) is 6.42 Å². The van der Waals surface area contributed by atoms with Gasteiger partial charge in [0.2, 0.25) is 5.91 Å². The normalized spacial score (nSPS) is 20.1. The molecule has 92 valence electrons. The van der Waals surface area contributed by atoms with Crippen molar-refractivity contribution in [3.05, 3.63) is 28.2 Å². The molecule has 1 aliphatic heterocycles. The maximum absolute atomic E-state index is 13.3. The minimum Gasteiger partial charge on any atom is -0.396 e. The van der Waals surface area contributed by atoms with E-state index >= 15 is 0 Å². The van der Waals surface area contributed by atoms with Crippen molar-refractivity contribution >= 4 is 27.5 Å². The number of aliphatic hydroxyl groups is 1. The maximum atomic E-state index is 13.3. The Bertz CT molecular complexity index is 467. The van der Waals surface area contributed by atoms with Crippen molar-refractivity contribution in [1.82, 2.24) is 0 Å². The molecule has 1 aromatic rings. The second-order valence-corrected chi connectivity index (χ2v) is 4.74. The van der Waals surface area contributed by atoms with Crippen LogP contribution in [0.5, 0.6) is 0 Å². The summed E-state index contributed by atoms with van der Waals surface area (Å²) in [5.41, 5.74) is 0.296. The largest absolute Gasteiger partial charge is 0.396 e. The van der Waals surface area contributed by atoms with Crippen LogP contribution in [0.2, 0.25) is 0 Å². The van der Waals surface area contributed by atoms with E-state index < -0.39 is 11.6 Å². The number of hydrogen-bond donors (Lipinski definition) is 1. The summed E-state index contributed by atoms with van der Waals surface area (Å²) in [6.07, 6.45) is 0.224. The number of carbonyl (C=O) groups excluding carboxylic acids is 1. The Morgan fingerprint density at radius 3 is 2.76 bits per heavy atom. The fraction of sp³-hybridized carbons (Fsp3) is 0.364. The van der Waals surface area contributed by atoms with Gasteiger partial charge in [-0.2, -0.15) is 0 Å². The lowest BCUT2D eigenvalue weighted by atomic mass is 10.1. The third-order valence-electron chi connectivity index (χ3n) is 2.77. The van der Waals surface area contributed by atoms with Crippen LogP contribution in [-0.2, 0) is 4.79 Å². The van der Waals surface area contributed by atoms with Crippen molar-refractivity contribution in [1.29, 1.82) is 0 Å². The Kier molecular flexibility index (Phi) is 3.44. The van der Waals surface area contributed by atoms with E-state index in [0.29, 0.717) is 12.2 Å². The first kappa shape index (κ1) is 12.4. The number of rotatable bonds is 2. The minimum atomic E-state index is -1.01. The van der Waals surface area contributed by atoms with Crippen LogP contribution in [0.15, 0.2) is 16.6 Å². The number of amides is 1. The number of carbonyl (C=O) groups is 1. The molecular weight excluding hydrogens is 296 g/mol. The second-order valence-electron chi connectivity index (χ2n) is 3.95. The van der Waals surface area contributed by atoms with E-state index in [1.54, 1.807) is 0 Å². The number of benzene rings is 1. The van der Waals surface area contributed by atoms with Gasteiger partial charge in [0.05, 0.1) is 10.2 Å². The van der Waals surface area contributed by atoms with E-state index in [4.69, 9.17) is 5.11 Å². The quantitative estimate of drug-likeness (QED) is 0.850. The fourth-order valence-electron chi connectivity index (χ4n) is 1.86.